The zero-order chi connectivity index (χ0) is 13.5. The number of halogens is 1. The molecule has 0 aliphatic rings. The van der Waals surface area contributed by atoms with E-state index in [9.17, 15) is 0 Å². The van der Waals surface area contributed by atoms with Gasteiger partial charge in [-0.2, -0.15) is 5.10 Å². The normalized spacial score (nSPS) is 10.4. The van der Waals surface area contributed by atoms with Crippen LogP contribution < -0.4 is 10.1 Å². The van der Waals surface area contributed by atoms with Crippen molar-refractivity contribution in [3.63, 3.8) is 0 Å². The van der Waals surface area contributed by atoms with Gasteiger partial charge in [0.1, 0.15) is 6.61 Å². The van der Waals surface area contributed by atoms with Gasteiger partial charge in [0.2, 0.25) is 0 Å². The first-order chi connectivity index (χ1) is 9.28. The number of hydrogen-bond acceptors (Lipinski definition) is 3. The van der Waals surface area contributed by atoms with Gasteiger partial charge in [0, 0.05) is 23.2 Å². The summed E-state index contributed by atoms with van der Waals surface area (Å²) < 4.78 is 8.60. The smallest absolute Gasteiger partial charge is 0.157 e. The predicted molar refractivity (Wildman–Crippen MR) is 80.6 cm³/mol. The molecule has 0 amide bonds. The Labute approximate surface area is 121 Å². The summed E-state index contributed by atoms with van der Waals surface area (Å²) in [6.45, 7) is 4.44. The van der Waals surface area contributed by atoms with E-state index < -0.39 is 0 Å². The molecular weight excluding hydrogens is 306 g/mol. The first-order valence-corrected chi connectivity index (χ1v) is 7.22. The zero-order valence-corrected chi connectivity index (χ0v) is 12.6. The van der Waals surface area contributed by atoms with Crippen LogP contribution in [0.25, 0.3) is 0 Å². The van der Waals surface area contributed by atoms with E-state index in [4.69, 9.17) is 4.74 Å². The molecule has 5 heteroatoms. The summed E-state index contributed by atoms with van der Waals surface area (Å²) in [4.78, 5) is 0. The van der Waals surface area contributed by atoms with Crippen LogP contribution in [0.5, 0.6) is 5.75 Å². The summed E-state index contributed by atoms with van der Waals surface area (Å²) in [6.07, 6.45) is 4.77. The van der Waals surface area contributed by atoms with Gasteiger partial charge < -0.3 is 10.1 Å². The molecule has 0 fully saturated rings. The van der Waals surface area contributed by atoms with Crippen LogP contribution in [0.2, 0.25) is 0 Å². The van der Waals surface area contributed by atoms with Crippen molar-refractivity contribution in [2.45, 2.75) is 19.9 Å². The maximum absolute atomic E-state index is 5.62. The number of aromatic nitrogens is 2. The molecule has 102 valence electrons. The highest BCUT2D eigenvalue weighted by Crippen LogP contribution is 2.14. The molecule has 0 spiro atoms. The van der Waals surface area contributed by atoms with E-state index >= 15 is 0 Å². The Morgan fingerprint density at radius 2 is 2.11 bits per heavy atom. The van der Waals surface area contributed by atoms with Gasteiger partial charge in [-0.1, -0.05) is 22.9 Å². The van der Waals surface area contributed by atoms with Gasteiger partial charge in [-0.05, 0) is 30.7 Å². The highest BCUT2D eigenvalue weighted by molar-refractivity contribution is 9.10. The number of ether oxygens (including phenoxy) is 1. The van der Waals surface area contributed by atoms with Crippen molar-refractivity contribution in [1.82, 2.24) is 9.78 Å². The standard InChI is InChI=1S/C14H18BrN3O/c1-2-8-18-11-14(10-17-18)19-9-7-16-13-5-3-12(15)4-6-13/h3-6,10-11,16H,2,7-9H2,1H3. The second kappa shape index (κ2) is 7.19. The molecule has 0 atom stereocenters. The Kier molecular flexibility index (Phi) is 5.27. The maximum atomic E-state index is 5.62. The number of aryl methyl sites for hydroxylation is 1. The monoisotopic (exact) mass is 323 g/mol. The van der Waals surface area contributed by atoms with Crippen molar-refractivity contribution in [2.75, 3.05) is 18.5 Å². The average Bonchev–Trinajstić information content (AvgIpc) is 2.85. The first-order valence-electron chi connectivity index (χ1n) is 6.42. The molecular formula is C14H18BrN3O. The second-order valence-electron chi connectivity index (χ2n) is 4.22. The zero-order valence-electron chi connectivity index (χ0n) is 11.0. The number of benzene rings is 1. The Morgan fingerprint density at radius 1 is 1.32 bits per heavy atom. The molecule has 0 aliphatic heterocycles. The topological polar surface area (TPSA) is 39.1 Å². The third-order valence-electron chi connectivity index (χ3n) is 2.61. The SMILES string of the molecule is CCCn1cc(OCCNc2ccc(Br)cc2)cn1. The Balaban J connectivity index is 1.69. The van der Waals surface area contributed by atoms with Crippen LogP contribution in [0.4, 0.5) is 5.69 Å². The number of nitrogens with zero attached hydrogens (tertiary/aromatic N) is 2. The lowest BCUT2D eigenvalue weighted by molar-refractivity contribution is 0.332. The molecule has 0 saturated carbocycles. The lowest BCUT2D eigenvalue weighted by atomic mass is 10.3. The Morgan fingerprint density at radius 3 is 2.84 bits per heavy atom. The molecule has 19 heavy (non-hydrogen) atoms. The molecule has 0 aliphatic carbocycles. The molecule has 0 saturated heterocycles. The average molecular weight is 324 g/mol. The predicted octanol–water partition coefficient (Wildman–Crippen LogP) is 3.55. The lowest BCUT2D eigenvalue weighted by Crippen LogP contribution is -2.11. The minimum absolute atomic E-state index is 0.619. The molecule has 0 bridgehead atoms. The van der Waals surface area contributed by atoms with Gasteiger partial charge in [-0.15, -0.1) is 0 Å². The molecule has 1 aromatic heterocycles. The minimum Gasteiger partial charge on any atom is -0.488 e. The lowest BCUT2D eigenvalue weighted by Gasteiger charge is -2.07. The molecule has 2 aromatic rings. The highest BCUT2D eigenvalue weighted by atomic mass is 79.9. The van der Waals surface area contributed by atoms with Crippen LogP contribution >= 0.6 is 15.9 Å². The summed E-state index contributed by atoms with van der Waals surface area (Å²) in [5.74, 6) is 0.825. The number of nitrogens with one attached hydrogen (secondary N) is 1. The van der Waals surface area contributed by atoms with E-state index in [1.807, 2.05) is 35.1 Å². The van der Waals surface area contributed by atoms with Gasteiger partial charge >= 0.3 is 0 Å². The fourth-order valence-corrected chi connectivity index (χ4v) is 1.97. The largest absolute Gasteiger partial charge is 0.488 e. The van der Waals surface area contributed by atoms with Crippen molar-refractivity contribution in [2.24, 2.45) is 0 Å². The van der Waals surface area contributed by atoms with Crippen LogP contribution in [-0.4, -0.2) is 22.9 Å². The number of anilines is 1. The fourth-order valence-electron chi connectivity index (χ4n) is 1.70. The van der Waals surface area contributed by atoms with Gasteiger partial charge in [0.15, 0.2) is 5.75 Å². The number of rotatable bonds is 7. The van der Waals surface area contributed by atoms with E-state index in [0.29, 0.717) is 6.61 Å². The van der Waals surface area contributed by atoms with E-state index in [0.717, 1.165) is 35.4 Å². The third-order valence-corrected chi connectivity index (χ3v) is 3.14. The molecule has 4 nitrogen and oxygen atoms in total. The number of hydrogen-bond donors (Lipinski definition) is 1. The van der Waals surface area contributed by atoms with Crippen molar-refractivity contribution in [1.29, 1.82) is 0 Å². The summed E-state index contributed by atoms with van der Waals surface area (Å²) in [6, 6.07) is 8.09. The molecule has 2 rings (SSSR count). The van der Waals surface area contributed by atoms with Gasteiger partial charge in [-0.3, -0.25) is 4.68 Å². The van der Waals surface area contributed by atoms with Gasteiger partial charge in [0.05, 0.1) is 12.4 Å². The molecule has 0 unspecified atom stereocenters. The fraction of sp³-hybridized carbons (Fsp3) is 0.357. The summed E-state index contributed by atoms with van der Waals surface area (Å²) >= 11 is 3.41. The summed E-state index contributed by atoms with van der Waals surface area (Å²) in [7, 11) is 0. The van der Waals surface area contributed by atoms with Crippen LogP contribution in [0.15, 0.2) is 41.1 Å². The van der Waals surface area contributed by atoms with Crippen molar-refractivity contribution >= 4 is 21.6 Å². The van der Waals surface area contributed by atoms with Crippen LogP contribution in [-0.2, 0) is 6.54 Å². The highest BCUT2D eigenvalue weighted by Gasteiger charge is 1.98. The van der Waals surface area contributed by atoms with Crippen LogP contribution in [0, 0.1) is 0 Å². The maximum Gasteiger partial charge on any atom is 0.157 e. The van der Waals surface area contributed by atoms with Gasteiger partial charge in [0.25, 0.3) is 0 Å². The van der Waals surface area contributed by atoms with Crippen molar-refractivity contribution in [3.05, 3.63) is 41.1 Å². The Hall–Kier alpha value is -1.49. The van der Waals surface area contributed by atoms with Gasteiger partial charge in [-0.25, -0.2) is 0 Å². The van der Waals surface area contributed by atoms with Crippen molar-refractivity contribution < 1.29 is 4.74 Å². The molecule has 0 radical (unpaired) electrons. The second-order valence-corrected chi connectivity index (χ2v) is 5.14. The van der Waals surface area contributed by atoms with Crippen molar-refractivity contribution in [3.8, 4) is 5.75 Å². The minimum atomic E-state index is 0.619. The van der Waals surface area contributed by atoms with E-state index in [1.54, 1.807) is 6.20 Å². The van der Waals surface area contributed by atoms with Crippen LogP contribution in [0.3, 0.4) is 0 Å². The Bertz CT molecular complexity index is 496. The van der Waals surface area contributed by atoms with E-state index in [2.05, 4.69) is 33.3 Å². The van der Waals surface area contributed by atoms with E-state index in [1.165, 1.54) is 0 Å². The quantitative estimate of drug-likeness (QED) is 0.792. The summed E-state index contributed by atoms with van der Waals surface area (Å²) in [5, 5.41) is 7.52. The summed E-state index contributed by atoms with van der Waals surface area (Å²) in [5.41, 5.74) is 1.09. The van der Waals surface area contributed by atoms with E-state index in [-0.39, 0.29) is 0 Å². The molecule has 1 N–H and O–H groups in total. The molecule has 1 aromatic carbocycles. The first kappa shape index (κ1) is 13.9. The third kappa shape index (κ3) is 4.59. The van der Waals surface area contributed by atoms with Crippen LogP contribution in [0.1, 0.15) is 13.3 Å². The molecule has 1 heterocycles.